The third-order valence-corrected chi connectivity index (χ3v) is 7.81. The van der Waals surface area contributed by atoms with Crippen LogP contribution in [0.25, 0.3) is 0 Å². The number of hydrogen-bond donors (Lipinski definition) is 0. The fraction of sp³-hybridized carbons (Fsp3) is 1.00. The van der Waals surface area contributed by atoms with Gasteiger partial charge in [-0.2, -0.15) is 0 Å². The standard InChI is InChI=1S/C10H10Cl8/c11-3-8-2-9(17,18)4(1-5(8)12)10(8,6(13)14)7(15)16/h4-7H,1-3H2/t4?,5-,8?/m1/s1. The Morgan fingerprint density at radius 2 is 1.56 bits per heavy atom. The molecule has 0 N–H and O–H groups in total. The Morgan fingerprint density at radius 3 is 1.89 bits per heavy atom. The third kappa shape index (κ3) is 1.86. The Bertz CT molecular complexity index is 333. The van der Waals surface area contributed by atoms with Crippen LogP contribution in [-0.4, -0.2) is 25.3 Å². The van der Waals surface area contributed by atoms with Gasteiger partial charge in [0.1, 0.15) is 14.0 Å². The maximum absolute atomic E-state index is 6.43. The van der Waals surface area contributed by atoms with Crippen LogP contribution in [0.1, 0.15) is 12.8 Å². The van der Waals surface area contributed by atoms with Crippen LogP contribution in [0.2, 0.25) is 0 Å². The van der Waals surface area contributed by atoms with Crippen LogP contribution in [0, 0.1) is 16.7 Å². The predicted molar refractivity (Wildman–Crippen MR) is 83.4 cm³/mol. The molecule has 0 heterocycles. The Hall–Kier alpha value is 2.32. The summed E-state index contributed by atoms with van der Waals surface area (Å²) in [5.74, 6) is -0.0698. The molecule has 2 fully saturated rings. The molecule has 0 spiro atoms. The van der Waals surface area contributed by atoms with Crippen molar-refractivity contribution in [3.05, 3.63) is 0 Å². The summed E-state index contributed by atoms with van der Waals surface area (Å²) >= 11 is 50.1. The molecule has 2 unspecified atom stereocenters. The minimum Gasteiger partial charge on any atom is -0.126 e. The zero-order valence-corrected chi connectivity index (χ0v) is 15.0. The fourth-order valence-electron chi connectivity index (χ4n) is 3.66. The van der Waals surface area contributed by atoms with E-state index in [4.69, 9.17) is 92.8 Å². The van der Waals surface area contributed by atoms with E-state index < -0.39 is 24.8 Å². The van der Waals surface area contributed by atoms with Crippen molar-refractivity contribution in [2.24, 2.45) is 16.7 Å². The van der Waals surface area contributed by atoms with Gasteiger partial charge in [0.25, 0.3) is 0 Å². The molecule has 0 aliphatic heterocycles. The molecule has 0 aromatic heterocycles. The lowest BCUT2D eigenvalue weighted by molar-refractivity contribution is 0.143. The summed E-state index contributed by atoms with van der Waals surface area (Å²) in [5, 5.41) is -0.245. The summed E-state index contributed by atoms with van der Waals surface area (Å²) in [7, 11) is 0. The van der Waals surface area contributed by atoms with Gasteiger partial charge in [-0.15, -0.1) is 92.8 Å². The topological polar surface area (TPSA) is 0 Å². The van der Waals surface area contributed by atoms with Crippen molar-refractivity contribution < 1.29 is 0 Å². The summed E-state index contributed by atoms with van der Waals surface area (Å²) in [4.78, 5) is -1.69. The highest BCUT2D eigenvalue weighted by molar-refractivity contribution is 6.52. The van der Waals surface area contributed by atoms with E-state index >= 15 is 0 Å². The van der Waals surface area contributed by atoms with Crippen LogP contribution in [-0.2, 0) is 0 Å². The van der Waals surface area contributed by atoms with Crippen LogP contribution in [0.3, 0.4) is 0 Å². The van der Waals surface area contributed by atoms with Gasteiger partial charge in [-0.1, -0.05) is 0 Å². The molecule has 3 atom stereocenters. The van der Waals surface area contributed by atoms with Gasteiger partial charge in [-0.25, -0.2) is 0 Å². The predicted octanol–water partition coefficient (Wildman–Crippen LogP) is 6.01. The summed E-state index contributed by atoms with van der Waals surface area (Å²) < 4.78 is -1.01. The maximum Gasteiger partial charge on any atom is 0.122 e. The van der Waals surface area contributed by atoms with Crippen molar-refractivity contribution in [3.63, 3.8) is 0 Å². The quantitative estimate of drug-likeness (QED) is 0.497. The number of hydrogen-bond acceptors (Lipinski definition) is 0. The highest BCUT2D eigenvalue weighted by Crippen LogP contribution is 2.78. The largest absolute Gasteiger partial charge is 0.126 e. The lowest BCUT2D eigenvalue weighted by atomic mass is 9.70. The summed E-state index contributed by atoms with van der Waals surface area (Å²) in [6.45, 7) is 0. The molecular formula is C10H10Cl8. The van der Waals surface area contributed by atoms with E-state index in [9.17, 15) is 0 Å². The normalized spacial score (nSPS) is 41.0. The molecule has 2 bridgehead atoms. The van der Waals surface area contributed by atoms with Gasteiger partial charge in [-0.05, 0) is 12.8 Å². The lowest BCUT2D eigenvalue weighted by Crippen LogP contribution is -2.50. The Kier molecular flexibility index (Phi) is 4.82. The van der Waals surface area contributed by atoms with E-state index in [0.717, 1.165) is 0 Å². The van der Waals surface area contributed by atoms with Gasteiger partial charge in [0.15, 0.2) is 0 Å². The molecule has 0 saturated heterocycles. The van der Waals surface area contributed by atoms with Gasteiger partial charge in [0, 0.05) is 28.0 Å². The van der Waals surface area contributed by atoms with Crippen molar-refractivity contribution >= 4 is 92.8 Å². The van der Waals surface area contributed by atoms with Crippen molar-refractivity contribution in [2.45, 2.75) is 32.2 Å². The van der Waals surface area contributed by atoms with Crippen LogP contribution < -0.4 is 0 Å². The number of halogens is 8. The Morgan fingerprint density at radius 1 is 1.06 bits per heavy atom. The van der Waals surface area contributed by atoms with E-state index in [2.05, 4.69) is 0 Å². The Balaban J connectivity index is 2.64. The van der Waals surface area contributed by atoms with E-state index in [1.807, 2.05) is 0 Å². The van der Waals surface area contributed by atoms with Gasteiger partial charge in [0.05, 0.1) is 0 Å². The molecular weight excluding hydrogens is 404 g/mol. The zero-order chi connectivity index (χ0) is 13.9. The minimum absolute atomic E-state index is 0.213. The van der Waals surface area contributed by atoms with Crippen molar-refractivity contribution in [1.82, 2.24) is 0 Å². The molecule has 0 radical (unpaired) electrons. The maximum atomic E-state index is 6.43. The van der Waals surface area contributed by atoms with E-state index in [1.54, 1.807) is 0 Å². The molecule has 0 amide bonds. The minimum atomic E-state index is -1.01. The first-order chi connectivity index (χ1) is 8.16. The van der Waals surface area contributed by atoms with Crippen molar-refractivity contribution in [2.75, 3.05) is 5.88 Å². The second-order valence-corrected chi connectivity index (χ2v) is 9.55. The van der Waals surface area contributed by atoms with Gasteiger partial charge < -0.3 is 0 Å². The molecule has 0 nitrogen and oxygen atoms in total. The molecule has 8 heteroatoms. The van der Waals surface area contributed by atoms with Gasteiger partial charge in [0.2, 0.25) is 0 Å². The molecule has 2 saturated carbocycles. The summed E-state index contributed by atoms with van der Waals surface area (Å²) in [6.07, 6.45) is 0.935. The average Bonchev–Trinajstić information content (AvgIpc) is 2.60. The fourth-order valence-corrected chi connectivity index (χ4v) is 8.02. The highest BCUT2D eigenvalue weighted by Gasteiger charge is 2.79. The van der Waals surface area contributed by atoms with Crippen LogP contribution in [0.5, 0.6) is 0 Å². The molecule has 18 heavy (non-hydrogen) atoms. The lowest BCUT2D eigenvalue weighted by Gasteiger charge is -2.45. The molecule has 2 aliphatic rings. The number of rotatable bonds is 3. The van der Waals surface area contributed by atoms with E-state index in [-0.39, 0.29) is 17.2 Å². The number of fused-ring (bicyclic) bond motifs is 2. The SMILES string of the molecule is ClCC12CC(Cl)(Cl)C(C[C@H]1Cl)C2(C(Cl)Cl)C(Cl)Cl. The second-order valence-electron chi connectivity index (χ2n) is 5.02. The summed E-state index contributed by atoms with van der Waals surface area (Å²) in [5.41, 5.74) is -1.55. The Labute approximate surface area is 146 Å². The first-order valence-electron chi connectivity index (χ1n) is 5.31. The third-order valence-electron chi connectivity index (χ3n) is 4.50. The highest BCUT2D eigenvalue weighted by atomic mass is 35.5. The monoisotopic (exact) mass is 410 g/mol. The molecule has 2 rings (SSSR count). The van der Waals surface area contributed by atoms with Crippen LogP contribution >= 0.6 is 92.8 Å². The van der Waals surface area contributed by atoms with Crippen LogP contribution in [0.4, 0.5) is 0 Å². The first-order valence-corrected chi connectivity index (χ1v) is 8.78. The van der Waals surface area contributed by atoms with Gasteiger partial charge in [-0.3, -0.25) is 0 Å². The van der Waals surface area contributed by atoms with E-state index in [1.165, 1.54) is 0 Å². The van der Waals surface area contributed by atoms with E-state index in [0.29, 0.717) is 12.8 Å². The van der Waals surface area contributed by atoms with Crippen molar-refractivity contribution in [1.29, 1.82) is 0 Å². The molecule has 0 aromatic rings. The van der Waals surface area contributed by atoms with Gasteiger partial charge >= 0.3 is 0 Å². The second kappa shape index (κ2) is 5.20. The first kappa shape index (κ1) is 16.7. The summed E-state index contributed by atoms with van der Waals surface area (Å²) in [6, 6.07) is 0. The van der Waals surface area contributed by atoms with Crippen LogP contribution in [0.15, 0.2) is 0 Å². The molecule has 2 aliphatic carbocycles. The molecule has 106 valence electrons. The average molecular weight is 414 g/mol. The van der Waals surface area contributed by atoms with Crippen molar-refractivity contribution in [3.8, 4) is 0 Å². The zero-order valence-electron chi connectivity index (χ0n) is 8.95. The smallest absolute Gasteiger partial charge is 0.122 e. The molecule has 0 aromatic carbocycles. The number of alkyl halides is 8.